The van der Waals surface area contributed by atoms with E-state index in [1.54, 1.807) is 29.2 Å². The summed E-state index contributed by atoms with van der Waals surface area (Å²) in [4.78, 5) is 29.7. The molecule has 8 nitrogen and oxygen atoms in total. The topological polar surface area (TPSA) is 102 Å². The molecule has 3 aromatic carbocycles. The first-order chi connectivity index (χ1) is 18.4. The number of carbonyl (C=O) groups excluding carboxylic acids is 2. The zero-order valence-corrected chi connectivity index (χ0v) is 23.3. The van der Waals surface area contributed by atoms with Crippen LogP contribution in [-0.4, -0.2) is 43.6 Å². The molecule has 0 fully saturated rings. The molecule has 0 bridgehead atoms. The molecule has 0 spiro atoms. The second kappa shape index (κ2) is 11.4. The van der Waals surface area contributed by atoms with Gasteiger partial charge in [0.2, 0.25) is 5.91 Å². The van der Waals surface area contributed by atoms with Crippen LogP contribution in [-0.2, 0) is 11.8 Å². The summed E-state index contributed by atoms with van der Waals surface area (Å²) in [6.45, 7) is 1.91. The molecule has 0 aliphatic heterocycles. The molecule has 2 amide bonds. The fourth-order valence-electron chi connectivity index (χ4n) is 3.82. The van der Waals surface area contributed by atoms with E-state index in [2.05, 4.69) is 25.8 Å². The summed E-state index contributed by atoms with van der Waals surface area (Å²) < 4.78 is 3.89. The first-order valence-electron chi connectivity index (χ1n) is 11.7. The monoisotopic (exact) mass is 560 g/mol. The van der Waals surface area contributed by atoms with E-state index >= 15 is 0 Å². The lowest BCUT2D eigenvalue weighted by molar-refractivity contribution is -0.113. The van der Waals surface area contributed by atoms with Gasteiger partial charge >= 0.3 is 0 Å². The number of hydrogen-bond donors (Lipinski definition) is 2. The minimum atomic E-state index is -0.150. The zero-order valence-electron chi connectivity index (χ0n) is 20.9. The number of thioether (sulfide) groups is 2. The van der Waals surface area contributed by atoms with Crippen molar-refractivity contribution in [1.29, 1.82) is 0 Å². The van der Waals surface area contributed by atoms with Gasteiger partial charge in [0, 0.05) is 29.5 Å². The van der Waals surface area contributed by atoms with E-state index in [0.29, 0.717) is 22.2 Å². The Kier molecular flexibility index (Phi) is 7.77. The van der Waals surface area contributed by atoms with E-state index in [-0.39, 0.29) is 17.6 Å². The molecule has 0 aliphatic carbocycles. The first kappa shape index (κ1) is 26.0. The van der Waals surface area contributed by atoms with Crippen molar-refractivity contribution < 1.29 is 9.59 Å². The molecule has 38 heavy (non-hydrogen) atoms. The third-order valence-corrected chi connectivity index (χ3v) is 8.81. The molecule has 2 heterocycles. The fourth-order valence-corrected chi connectivity index (χ4v) is 6.06. The highest BCUT2D eigenvalue weighted by atomic mass is 32.2. The van der Waals surface area contributed by atoms with Crippen molar-refractivity contribution in [2.45, 2.75) is 16.4 Å². The number of amides is 2. The number of aryl methyl sites for hydroxylation is 1. The Morgan fingerprint density at radius 3 is 2.50 bits per heavy atom. The summed E-state index contributed by atoms with van der Waals surface area (Å²) in [7, 11) is 1.87. The summed E-state index contributed by atoms with van der Waals surface area (Å²) in [5.74, 6) is 0.599. The van der Waals surface area contributed by atoms with E-state index in [4.69, 9.17) is 0 Å². The molecule has 11 heteroatoms. The highest BCUT2D eigenvalue weighted by molar-refractivity contribution is 8.00. The van der Waals surface area contributed by atoms with Crippen LogP contribution in [0.2, 0.25) is 0 Å². The molecule has 192 valence electrons. The van der Waals surface area contributed by atoms with E-state index < -0.39 is 0 Å². The van der Waals surface area contributed by atoms with Crippen molar-refractivity contribution in [3.8, 4) is 11.4 Å². The number of thiazole rings is 1. The molecule has 0 saturated carbocycles. The molecule has 2 aromatic heterocycles. The van der Waals surface area contributed by atoms with Crippen molar-refractivity contribution in [2.24, 2.45) is 7.05 Å². The zero-order chi connectivity index (χ0) is 26.6. The fraction of sp³-hybridized carbons (Fsp3) is 0.148. The number of anilines is 2. The average molecular weight is 561 g/mol. The lowest BCUT2D eigenvalue weighted by Crippen LogP contribution is -2.14. The van der Waals surface area contributed by atoms with Crippen molar-refractivity contribution in [3.63, 3.8) is 0 Å². The maximum atomic E-state index is 12.6. The quantitative estimate of drug-likeness (QED) is 0.221. The van der Waals surface area contributed by atoms with Crippen LogP contribution in [0.5, 0.6) is 0 Å². The minimum absolute atomic E-state index is 0.123. The van der Waals surface area contributed by atoms with Crippen LogP contribution in [0.25, 0.3) is 21.6 Å². The maximum Gasteiger partial charge on any atom is 0.255 e. The van der Waals surface area contributed by atoms with E-state index in [9.17, 15) is 9.59 Å². The molecule has 2 N–H and O–H groups in total. The number of nitrogens with zero attached hydrogens (tertiary/aromatic N) is 4. The highest BCUT2D eigenvalue weighted by Crippen LogP contribution is 2.30. The van der Waals surface area contributed by atoms with E-state index in [1.807, 2.05) is 85.5 Å². The standard InChI is InChI=1S/C27H24N6O2S3/c1-16-6-4-5-7-20(16)25(35)29-18-10-8-17(9-11-18)24-31-32-26(33(24)2)37-15-23(34)28-19-12-13-21-22(14-19)38-27(30-21)36-3/h4-14H,15H2,1-3H3,(H,28,34)(H,29,35). The number of benzene rings is 3. The van der Waals surface area contributed by atoms with Gasteiger partial charge in [-0.25, -0.2) is 4.98 Å². The predicted molar refractivity (Wildman–Crippen MR) is 156 cm³/mol. The Bertz CT molecular complexity index is 1630. The van der Waals surface area contributed by atoms with Crippen molar-refractivity contribution in [1.82, 2.24) is 19.7 Å². The van der Waals surface area contributed by atoms with Gasteiger partial charge in [-0.3, -0.25) is 9.59 Å². The van der Waals surface area contributed by atoms with Gasteiger partial charge in [0.1, 0.15) is 0 Å². The molecular weight excluding hydrogens is 537 g/mol. The SMILES string of the molecule is CSc1nc2ccc(NC(=O)CSc3nnc(-c4ccc(NC(=O)c5ccccc5C)cc4)n3C)cc2s1. The molecule has 0 radical (unpaired) electrons. The van der Waals surface area contributed by atoms with Gasteiger partial charge in [-0.1, -0.05) is 41.7 Å². The van der Waals surface area contributed by atoms with Gasteiger partial charge in [-0.15, -0.1) is 21.5 Å². The minimum Gasteiger partial charge on any atom is -0.325 e. The number of hydrogen-bond acceptors (Lipinski definition) is 8. The number of fused-ring (bicyclic) bond motifs is 1. The predicted octanol–water partition coefficient (Wildman–Crippen LogP) is 6.11. The lowest BCUT2D eigenvalue weighted by atomic mass is 10.1. The van der Waals surface area contributed by atoms with Crippen LogP contribution < -0.4 is 10.6 Å². The Balaban J connectivity index is 1.19. The molecule has 0 atom stereocenters. The average Bonchev–Trinajstić information content (AvgIpc) is 3.50. The third kappa shape index (κ3) is 5.74. The van der Waals surface area contributed by atoms with Gasteiger partial charge in [-0.05, 0) is 67.3 Å². The smallest absolute Gasteiger partial charge is 0.255 e. The molecule has 0 unspecified atom stereocenters. The number of nitrogens with one attached hydrogen (secondary N) is 2. The van der Waals surface area contributed by atoms with Crippen LogP contribution in [0.3, 0.4) is 0 Å². The number of carbonyl (C=O) groups is 2. The van der Waals surface area contributed by atoms with Crippen molar-refractivity contribution in [2.75, 3.05) is 22.6 Å². The second-order valence-electron chi connectivity index (χ2n) is 8.41. The normalized spacial score (nSPS) is 11.0. The van der Waals surface area contributed by atoms with Crippen LogP contribution >= 0.6 is 34.9 Å². The van der Waals surface area contributed by atoms with Gasteiger partial charge in [0.05, 0.1) is 16.0 Å². The van der Waals surface area contributed by atoms with E-state index in [0.717, 1.165) is 31.4 Å². The largest absolute Gasteiger partial charge is 0.325 e. The summed E-state index contributed by atoms with van der Waals surface area (Å²) in [6.07, 6.45) is 2.00. The Morgan fingerprint density at radius 1 is 0.974 bits per heavy atom. The van der Waals surface area contributed by atoms with Gasteiger partial charge < -0.3 is 15.2 Å². The lowest BCUT2D eigenvalue weighted by Gasteiger charge is -2.09. The van der Waals surface area contributed by atoms with Crippen LogP contribution in [0.15, 0.2) is 76.2 Å². The molecule has 0 saturated heterocycles. The summed E-state index contributed by atoms with van der Waals surface area (Å²) in [5.41, 5.74) is 4.78. The molecular formula is C27H24N6O2S3. The number of aromatic nitrogens is 4. The Labute approximate surface area is 232 Å². The van der Waals surface area contributed by atoms with Gasteiger partial charge in [-0.2, -0.15) is 0 Å². The van der Waals surface area contributed by atoms with Crippen LogP contribution in [0.4, 0.5) is 11.4 Å². The summed E-state index contributed by atoms with van der Waals surface area (Å²) in [5, 5.41) is 15.1. The van der Waals surface area contributed by atoms with Crippen LogP contribution in [0, 0.1) is 6.92 Å². The van der Waals surface area contributed by atoms with Crippen LogP contribution in [0.1, 0.15) is 15.9 Å². The van der Waals surface area contributed by atoms with Gasteiger partial charge in [0.15, 0.2) is 15.3 Å². The van der Waals surface area contributed by atoms with Crippen molar-refractivity contribution >= 4 is 68.3 Å². The summed E-state index contributed by atoms with van der Waals surface area (Å²) in [6, 6.07) is 20.6. The van der Waals surface area contributed by atoms with Crippen molar-refractivity contribution in [3.05, 3.63) is 77.9 Å². The first-order valence-corrected chi connectivity index (χ1v) is 14.7. The second-order valence-corrected chi connectivity index (χ2v) is 11.4. The molecule has 5 rings (SSSR count). The molecule has 5 aromatic rings. The third-order valence-electron chi connectivity index (χ3n) is 5.79. The van der Waals surface area contributed by atoms with E-state index in [1.165, 1.54) is 11.8 Å². The Morgan fingerprint density at radius 2 is 1.74 bits per heavy atom. The molecule has 0 aliphatic rings. The number of rotatable bonds is 8. The maximum absolute atomic E-state index is 12.6. The Hall–Kier alpha value is -3.67. The van der Waals surface area contributed by atoms with Gasteiger partial charge in [0.25, 0.3) is 5.91 Å². The highest BCUT2D eigenvalue weighted by Gasteiger charge is 2.14. The summed E-state index contributed by atoms with van der Waals surface area (Å²) >= 11 is 4.54.